The highest BCUT2D eigenvalue weighted by Gasteiger charge is 2.29. The molecule has 0 spiro atoms. The lowest BCUT2D eigenvalue weighted by Gasteiger charge is -2.35. The fourth-order valence-corrected chi connectivity index (χ4v) is 4.21. The molecule has 0 aromatic heterocycles. The molecule has 1 aliphatic heterocycles. The maximum absolute atomic E-state index is 12.9. The summed E-state index contributed by atoms with van der Waals surface area (Å²) >= 11 is 6.02. The van der Waals surface area contributed by atoms with Crippen LogP contribution in [0.1, 0.15) is 0 Å². The van der Waals surface area contributed by atoms with E-state index in [4.69, 9.17) is 11.6 Å². The van der Waals surface area contributed by atoms with E-state index in [1.165, 1.54) is 18.2 Å². The van der Waals surface area contributed by atoms with Gasteiger partial charge in [0.2, 0.25) is 15.7 Å². The van der Waals surface area contributed by atoms with E-state index in [-0.39, 0.29) is 12.2 Å². The van der Waals surface area contributed by atoms with Crippen LogP contribution in [0.3, 0.4) is 0 Å². The van der Waals surface area contributed by atoms with E-state index in [2.05, 4.69) is 10.2 Å². The monoisotopic (exact) mass is 443 g/mol. The minimum atomic E-state index is -4.81. The van der Waals surface area contributed by atoms with Gasteiger partial charge in [0.1, 0.15) is 0 Å². The number of benzene rings is 2. The third-order valence-electron chi connectivity index (χ3n) is 4.62. The summed E-state index contributed by atoms with van der Waals surface area (Å²) in [6.07, 6.45) is 0. The van der Waals surface area contributed by atoms with E-state index in [9.17, 15) is 22.0 Å². The zero-order valence-corrected chi connectivity index (χ0v) is 17.0. The van der Waals surface area contributed by atoms with Crippen LogP contribution in [-0.4, -0.2) is 57.7 Å². The molecule has 0 aliphatic carbocycles. The molecule has 10 heteroatoms. The fraction of sp³-hybridized carbons (Fsp3) is 0.316. The van der Waals surface area contributed by atoms with E-state index in [0.29, 0.717) is 31.2 Å². The van der Waals surface area contributed by atoms with Crippen molar-refractivity contribution in [2.45, 2.75) is 10.7 Å². The van der Waals surface area contributed by atoms with E-state index in [0.717, 1.165) is 11.8 Å². The Bertz CT molecular complexity index is 980. The lowest BCUT2D eigenvalue weighted by Crippen LogP contribution is -2.48. The Kier molecular flexibility index (Phi) is 6.71. The van der Waals surface area contributed by atoms with Gasteiger partial charge in [-0.2, -0.15) is 8.78 Å². The smallest absolute Gasteiger partial charge is 0.341 e. The molecule has 0 unspecified atom stereocenters. The lowest BCUT2D eigenvalue weighted by molar-refractivity contribution is -0.117. The van der Waals surface area contributed by atoms with Crippen molar-refractivity contribution in [2.24, 2.45) is 0 Å². The first-order valence-electron chi connectivity index (χ1n) is 8.91. The number of sulfone groups is 1. The van der Waals surface area contributed by atoms with Crippen molar-refractivity contribution in [1.82, 2.24) is 4.90 Å². The highest BCUT2D eigenvalue weighted by Crippen LogP contribution is 2.26. The fourth-order valence-electron chi connectivity index (χ4n) is 3.14. The SMILES string of the molecule is O=C(CN1CCN(c2cccc(Cl)c2)CC1)Nc1ccccc1S(=O)(=O)C(F)F. The number of alkyl halides is 2. The summed E-state index contributed by atoms with van der Waals surface area (Å²) < 4.78 is 49.3. The molecular formula is C19H20ClF2N3O3S. The Balaban J connectivity index is 1.59. The first-order valence-corrected chi connectivity index (χ1v) is 10.8. The molecule has 1 N–H and O–H groups in total. The quantitative estimate of drug-likeness (QED) is 0.743. The molecule has 2 aromatic carbocycles. The Morgan fingerprint density at radius 3 is 2.41 bits per heavy atom. The number of para-hydroxylation sites is 1. The molecule has 6 nitrogen and oxygen atoms in total. The highest BCUT2D eigenvalue weighted by molar-refractivity contribution is 7.91. The molecule has 0 radical (unpaired) electrons. The van der Waals surface area contributed by atoms with Gasteiger partial charge < -0.3 is 10.2 Å². The van der Waals surface area contributed by atoms with Gasteiger partial charge >= 0.3 is 5.76 Å². The van der Waals surface area contributed by atoms with Crippen LogP contribution >= 0.6 is 11.6 Å². The maximum Gasteiger partial charge on any atom is 0.341 e. The zero-order chi connectivity index (χ0) is 21.0. The number of hydrogen-bond donors (Lipinski definition) is 1. The van der Waals surface area contributed by atoms with Gasteiger partial charge in [0.05, 0.1) is 17.1 Å². The van der Waals surface area contributed by atoms with Crippen LogP contribution in [-0.2, 0) is 14.6 Å². The van der Waals surface area contributed by atoms with Crippen molar-refractivity contribution in [3.8, 4) is 0 Å². The van der Waals surface area contributed by atoms with Crippen molar-refractivity contribution in [1.29, 1.82) is 0 Å². The van der Waals surface area contributed by atoms with Crippen molar-refractivity contribution >= 4 is 38.7 Å². The first kappa shape index (κ1) is 21.5. The number of halogens is 3. The first-order chi connectivity index (χ1) is 13.8. The third kappa shape index (κ3) is 5.23. The van der Waals surface area contributed by atoms with E-state index < -0.39 is 26.4 Å². The minimum absolute atomic E-state index is 0.0342. The summed E-state index contributed by atoms with van der Waals surface area (Å²) in [5, 5.41) is 3.10. The van der Waals surface area contributed by atoms with Gasteiger partial charge in [-0.05, 0) is 30.3 Å². The van der Waals surface area contributed by atoms with E-state index >= 15 is 0 Å². The maximum atomic E-state index is 12.9. The summed E-state index contributed by atoms with van der Waals surface area (Å²) in [5.74, 6) is -4.02. The van der Waals surface area contributed by atoms with Crippen LogP contribution in [0, 0.1) is 0 Å². The molecule has 2 aromatic rings. The molecule has 1 saturated heterocycles. The Labute approximate surface area is 173 Å². The second kappa shape index (κ2) is 9.06. The van der Waals surface area contributed by atoms with Crippen molar-refractivity contribution in [3.05, 3.63) is 53.6 Å². The number of anilines is 2. The van der Waals surface area contributed by atoms with Crippen LogP contribution in [0.25, 0.3) is 0 Å². The van der Waals surface area contributed by atoms with Gasteiger partial charge in [0.25, 0.3) is 0 Å². The van der Waals surface area contributed by atoms with Gasteiger partial charge in [-0.25, -0.2) is 8.42 Å². The number of carbonyl (C=O) groups excluding carboxylic acids is 1. The molecule has 0 bridgehead atoms. The Morgan fingerprint density at radius 1 is 1.07 bits per heavy atom. The van der Waals surface area contributed by atoms with Gasteiger partial charge in [-0.3, -0.25) is 9.69 Å². The molecule has 0 saturated carbocycles. The molecular weight excluding hydrogens is 424 g/mol. The standard InChI is InChI=1S/C19H20ClF2N3O3S/c20-14-4-3-5-15(12-14)25-10-8-24(9-11-25)13-18(26)23-16-6-1-2-7-17(16)29(27,28)19(21)22/h1-7,12,19H,8-11,13H2,(H,23,26). The van der Waals surface area contributed by atoms with Crippen molar-refractivity contribution < 1.29 is 22.0 Å². The van der Waals surface area contributed by atoms with Gasteiger partial charge in [0.15, 0.2) is 0 Å². The van der Waals surface area contributed by atoms with Gasteiger partial charge in [0, 0.05) is 36.9 Å². The summed E-state index contributed by atoms with van der Waals surface area (Å²) in [6, 6.07) is 12.7. The molecule has 1 amide bonds. The van der Waals surface area contributed by atoms with Crippen molar-refractivity contribution in [3.63, 3.8) is 0 Å². The summed E-state index contributed by atoms with van der Waals surface area (Å²) in [5.41, 5.74) is 0.864. The van der Waals surface area contributed by atoms with Crippen LogP contribution < -0.4 is 10.2 Å². The predicted molar refractivity (Wildman–Crippen MR) is 108 cm³/mol. The summed E-state index contributed by atoms with van der Waals surface area (Å²) in [6.45, 7) is 2.67. The number of carbonyl (C=O) groups is 1. The average Bonchev–Trinajstić information content (AvgIpc) is 2.68. The zero-order valence-electron chi connectivity index (χ0n) is 15.4. The molecule has 0 atom stereocenters. The minimum Gasteiger partial charge on any atom is -0.369 e. The summed E-state index contributed by atoms with van der Waals surface area (Å²) in [4.78, 5) is 15.8. The normalized spacial score (nSPS) is 15.5. The number of piperazine rings is 1. The highest BCUT2D eigenvalue weighted by atomic mass is 35.5. The number of nitrogens with zero attached hydrogens (tertiary/aromatic N) is 2. The van der Waals surface area contributed by atoms with Gasteiger partial charge in [-0.15, -0.1) is 0 Å². The summed E-state index contributed by atoms with van der Waals surface area (Å²) in [7, 11) is -4.81. The Morgan fingerprint density at radius 2 is 1.76 bits per heavy atom. The average molecular weight is 444 g/mol. The van der Waals surface area contributed by atoms with Crippen LogP contribution in [0.5, 0.6) is 0 Å². The predicted octanol–water partition coefficient (Wildman–Crippen LogP) is 3.10. The molecule has 1 fully saturated rings. The van der Waals surface area contributed by atoms with Crippen LogP contribution in [0.15, 0.2) is 53.4 Å². The van der Waals surface area contributed by atoms with Crippen LogP contribution in [0.2, 0.25) is 5.02 Å². The van der Waals surface area contributed by atoms with E-state index in [1.807, 2.05) is 23.1 Å². The van der Waals surface area contributed by atoms with Crippen LogP contribution in [0.4, 0.5) is 20.2 Å². The number of rotatable bonds is 6. The molecule has 1 heterocycles. The second-order valence-electron chi connectivity index (χ2n) is 6.59. The number of hydrogen-bond acceptors (Lipinski definition) is 5. The molecule has 29 heavy (non-hydrogen) atoms. The second-order valence-corrected chi connectivity index (χ2v) is 8.92. The topological polar surface area (TPSA) is 69.7 Å². The van der Waals surface area contributed by atoms with E-state index in [1.54, 1.807) is 6.07 Å². The Hall–Kier alpha value is -2.23. The lowest BCUT2D eigenvalue weighted by atomic mass is 10.2. The number of nitrogens with one attached hydrogen (secondary N) is 1. The third-order valence-corrected chi connectivity index (χ3v) is 6.29. The van der Waals surface area contributed by atoms with Crippen molar-refractivity contribution in [2.75, 3.05) is 42.9 Å². The van der Waals surface area contributed by atoms with Gasteiger partial charge in [-0.1, -0.05) is 29.8 Å². The molecule has 1 aliphatic rings. The number of amides is 1. The molecule has 156 valence electrons. The largest absolute Gasteiger partial charge is 0.369 e. The molecule has 3 rings (SSSR count).